The lowest BCUT2D eigenvalue weighted by Crippen LogP contribution is -2.12. The summed E-state index contributed by atoms with van der Waals surface area (Å²) < 4.78 is 16.5. The molecule has 0 amide bonds. The summed E-state index contributed by atoms with van der Waals surface area (Å²) in [5.74, 6) is 0. The molecule has 0 saturated heterocycles. The Morgan fingerprint density at radius 2 is 1.50 bits per heavy atom. The van der Waals surface area contributed by atoms with E-state index in [4.69, 9.17) is 0 Å². The number of rotatable bonds is 0. The highest BCUT2D eigenvalue weighted by molar-refractivity contribution is 7.84. The minimum absolute atomic E-state index is 0.0219. The van der Waals surface area contributed by atoms with E-state index in [1.807, 2.05) is 18.3 Å². The Balaban J connectivity index is 2.79. The summed E-state index contributed by atoms with van der Waals surface area (Å²) in [6.45, 7) is 15.1. The third-order valence-electron chi connectivity index (χ3n) is 2.98. The van der Waals surface area contributed by atoms with E-state index in [0.717, 1.165) is 16.2 Å². The van der Waals surface area contributed by atoms with Gasteiger partial charge in [0.2, 0.25) is 0 Å². The van der Waals surface area contributed by atoms with Crippen molar-refractivity contribution < 1.29 is 4.21 Å². The van der Waals surface area contributed by atoms with Crippen molar-refractivity contribution in [2.24, 2.45) is 4.40 Å². The average molecular weight is 283 g/mol. The van der Waals surface area contributed by atoms with Crippen LogP contribution >= 0.6 is 11.3 Å². The third-order valence-corrected chi connectivity index (χ3v) is 6.35. The number of hydrogen-bond donors (Lipinski definition) is 0. The molecule has 1 aromatic heterocycles. The van der Waals surface area contributed by atoms with E-state index in [9.17, 15) is 4.21 Å². The van der Waals surface area contributed by atoms with Crippen LogP contribution in [0, 0.1) is 0 Å². The Kier molecular flexibility index (Phi) is 3.10. The van der Waals surface area contributed by atoms with Crippen LogP contribution in [0.15, 0.2) is 9.29 Å². The van der Waals surface area contributed by atoms with Gasteiger partial charge in [-0.25, -0.2) is 4.21 Å². The van der Waals surface area contributed by atoms with Gasteiger partial charge in [0.25, 0.3) is 0 Å². The number of hydrogen-bond acceptors (Lipinski definition) is 2. The summed E-state index contributed by atoms with van der Waals surface area (Å²) in [4.78, 5) is 3.51. The fourth-order valence-electron chi connectivity index (χ4n) is 2.15. The number of thiophene rings is 1. The lowest BCUT2D eigenvalue weighted by molar-refractivity contribution is 0.590. The molecule has 1 aliphatic rings. The van der Waals surface area contributed by atoms with Crippen molar-refractivity contribution in [3.63, 3.8) is 0 Å². The Hall–Kier alpha value is -0.480. The molecule has 0 aliphatic carbocycles. The van der Waals surface area contributed by atoms with Gasteiger partial charge in [0.15, 0.2) is 11.0 Å². The zero-order valence-electron chi connectivity index (χ0n) is 12.2. The molecule has 2 nitrogen and oxygen atoms in total. The van der Waals surface area contributed by atoms with Crippen molar-refractivity contribution in [1.29, 1.82) is 0 Å². The van der Waals surface area contributed by atoms with Gasteiger partial charge in [-0.1, -0.05) is 41.5 Å². The van der Waals surface area contributed by atoms with Gasteiger partial charge in [0, 0.05) is 15.3 Å². The van der Waals surface area contributed by atoms with Crippen LogP contribution in [0.4, 0.5) is 0 Å². The molecule has 4 heteroatoms. The molecule has 0 spiro atoms. The fraction of sp³-hybridized carbons (Fsp3) is 0.643. The first-order chi connectivity index (χ1) is 8.03. The van der Waals surface area contributed by atoms with Crippen LogP contribution in [0.3, 0.4) is 0 Å². The van der Waals surface area contributed by atoms with Gasteiger partial charge < -0.3 is 0 Å². The highest BCUT2D eigenvalue weighted by Gasteiger charge is 2.37. The van der Waals surface area contributed by atoms with Crippen LogP contribution in [-0.2, 0) is 21.8 Å². The Labute approximate surface area is 116 Å². The predicted molar refractivity (Wildman–Crippen MR) is 80.3 cm³/mol. The van der Waals surface area contributed by atoms with Crippen LogP contribution < -0.4 is 0 Å². The molecule has 0 radical (unpaired) electrons. The lowest BCUT2D eigenvalue weighted by Gasteiger charge is -2.19. The SMILES string of the molecule is CC1=NS(=O)c2c(C(C)(C)C)sc(C(C)(C)C)c21. The van der Waals surface area contributed by atoms with Gasteiger partial charge in [0.1, 0.15) is 0 Å². The second-order valence-electron chi connectivity index (χ2n) is 6.89. The standard InChI is InChI=1S/C14H21NOS2/c1-8-9-10(18(16)15-8)12(14(5,6)7)17-11(9)13(2,3)4/h1-7H3. The monoisotopic (exact) mass is 283 g/mol. The molecule has 1 atom stereocenters. The molecule has 0 bridgehead atoms. The van der Waals surface area contributed by atoms with Crippen molar-refractivity contribution in [3.8, 4) is 0 Å². The molecule has 100 valence electrons. The van der Waals surface area contributed by atoms with Crippen molar-refractivity contribution in [2.75, 3.05) is 0 Å². The molecule has 1 aromatic rings. The van der Waals surface area contributed by atoms with Gasteiger partial charge in [-0.3, -0.25) is 0 Å². The highest BCUT2D eigenvalue weighted by Crippen LogP contribution is 2.46. The quantitative estimate of drug-likeness (QED) is 0.702. The summed E-state index contributed by atoms with van der Waals surface area (Å²) in [5.41, 5.74) is 2.17. The van der Waals surface area contributed by atoms with Gasteiger partial charge in [-0.2, -0.15) is 4.40 Å². The molecular weight excluding hydrogens is 262 g/mol. The second-order valence-corrected chi connectivity index (χ2v) is 9.00. The van der Waals surface area contributed by atoms with E-state index in [1.165, 1.54) is 9.75 Å². The predicted octanol–water partition coefficient (Wildman–Crippen LogP) is 4.19. The normalized spacial score (nSPS) is 19.9. The molecular formula is C14H21NOS2. The minimum atomic E-state index is -1.20. The van der Waals surface area contributed by atoms with Crippen molar-refractivity contribution in [2.45, 2.75) is 64.2 Å². The topological polar surface area (TPSA) is 29.4 Å². The first-order valence-corrected chi connectivity index (χ1v) is 8.11. The molecule has 0 N–H and O–H groups in total. The maximum absolute atomic E-state index is 12.2. The van der Waals surface area contributed by atoms with Crippen LogP contribution in [0.1, 0.15) is 63.8 Å². The zero-order valence-corrected chi connectivity index (χ0v) is 13.8. The first kappa shape index (κ1) is 13.9. The molecule has 2 rings (SSSR count). The van der Waals surface area contributed by atoms with Crippen LogP contribution in [-0.4, -0.2) is 9.92 Å². The zero-order chi connectivity index (χ0) is 13.9. The highest BCUT2D eigenvalue weighted by atomic mass is 32.2. The van der Waals surface area contributed by atoms with Crippen LogP contribution in [0.2, 0.25) is 0 Å². The number of nitrogens with zero attached hydrogens (tertiary/aromatic N) is 1. The van der Waals surface area contributed by atoms with E-state index < -0.39 is 11.0 Å². The van der Waals surface area contributed by atoms with Crippen molar-refractivity contribution >= 4 is 28.0 Å². The van der Waals surface area contributed by atoms with Gasteiger partial charge in [-0.15, -0.1) is 11.3 Å². The maximum atomic E-state index is 12.2. The van der Waals surface area contributed by atoms with Crippen molar-refractivity contribution in [1.82, 2.24) is 0 Å². The molecule has 0 saturated carbocycles. The Morgan fingerprint density at radius 3 is 1.94 bits per heavy atom. The van der Waals surface area contributed by atoms with E-state index >= 15 is 0 Å². The summed E-state index contributed by atoms with van der Waals surface area (Å²) in [7, 11) is -1.20. The van der Waals surface area contributed by atoms with Gasteiger partial charge >= 0.3 is 0 Å². The molecule has 1 aliphatic heterocycles. The molecule has 0 fully saturated rings. The van der Waals surface area contributed by atoms with Crippen LogP contribution in [0.5, 0.6) is 0 Å². The Morgan fingerprint density at radius 1 is 1.00 bits per heavy atom. The summed E-state index contributed by atoms with van der Waals surface area (Å²) >= 11 is 1.81. The van der Waals surface area contributed by atoms with E-state index in [0.29, 0.717) is 0 Å². The van der Waals surface area contributed by atoms with Gasteiger partial charge in [-0.05, 0) is 17.8 Å². The summed E-state index contributed by atoms with van der Waals surface area (Å²) in [5, 5.41) is 0. The summed E-state index contributed by atoms with van der Waals surface area (Å²) in [6, 6.07) is 0. The van der Waals surface area contributed by atoms with E-state index in [-0.39, 0.29) is 10.8 Å². The van der Waals surface area contributed by atoms with Gasteiger partial charge in [0.05, 0.1) is 10.6 Å². The molecule has 2 heterocycles. The fourth-order valence-corrected chi connectivity index (χ4v) is 5.24. The maximum Gasteiger partial charge on any atom is 0.174 e. The number of fused-ring (bicyclic) bond motifs is 1. The smallest absolute Gasteiger partial charge is 0.174 e. The lowest BCUT2D eigenvalue weighted by atomic mass is 9.88. The Bertz CT molecular complexity index is 554. The van der Waals surface area contributed by atoms with E-state index in [1.54, 1.807) is 0 Å². The van der Waals surface area contributed by atoms with Crippen molar-refractivity contribution in [3.05, 3.63) is 15.3 Å². The molecule has 0 aromatic carbocycles. The average Bonchev–Trinajstić information content (AvgIpc) is 2.64. The van der Waals surface area contributed by atoms with E-state index in [2.05, 4.69) is 45.9 Å². The second kappa shape index (κ2) is 4.01. The minimum Gasteiger partial charge on any atom is -0.229 e. The summed E-state index contributed by atoms with van der Waals surface area (Å²) in [6.07, 6.45) is 0. The largest absolute Gasteiger partial charge is 0.229 e. The first-order valence-electron chi connectivity index (χ1n) is 6.19. The molecule has 1 unspecified atom stereocenters. The van der Waals surface area contributed by atoms with Crippen LogP contribution in [0.25, 0.3) is 0 Å². The molecule has 18 heavy (non-hydrogen) atoms. The third kappa shape index (κ3) is 2.10.